The van der Waals surface area contributed by atoms with Crippen LogP contribution in [0.25, 0.3) is 0 Å². The lowest BCUT2D eigenvalue weighted by Gasteiger charge is -2.19. The van der Waals surface area contributed by atoms with Gasteiger partial charge in [0.15, 0.2) is 11.5 Å². The number of carbonyl (C=O) groups excluding carboxylic acids is 2. The van der Waals surface area contributed by atoms with E-state index in [-0.39, 0.29) is 18.1 Å². The lowest BCUT2D eigenvalue weighted by molar-refractivity contribution is 0.0523. The Morgan fingerprint density at radius 2 is 1.78 bits per heavy atom. The smallest absolute Gasteiger partial charge is 0.407 e. The van der Waals surface area contributed by atoms with Gasteiger partial charge < -0.3 is 15.4 Å². The number of nitrogens with zero attached hydrogens (tertiary/aromatic N) is 2. The number of hydrogen-bond donors (Lipinski definition) is 2. The summed E-state index contributed by atoms with van der Waals surface area (Å²) in [6, 6.07) is 9.80. The molecule has 0 atom stereocenters. The van der Waals surface area contributed by atoms with Crippen molar-refractivity contribution in [3.8, 4) is 0 Å². The third kappa shape index (κ3) is 6.18. The molecule has 0 aliphatic carbocycles. The molecule has 0 saturated carbocycles. The largest absolute Gasteiger partial charge is 0.444 e. The number of benzene rings is 1. The Balaban J connectivity index is 1.98. The molecule has 0 unspecified atom stereocenters. The minimum Gasteiger partial charge on any atom is -0.444 e. The zero-order valence-electron chi connectivity index (χ0n) is 15.7. The number of nitroso groups, excluding NO2 is 1. The van der Waals surface area contributed by atoms with Gasteiger partial charge >= 0.3 is 6.09 Å². The highest BCUT2D eigenvalue weighted by molar-refractivity contribution is 6.05. The van der Waals surface area contributed by atoms with Crippen LogP contribution in [0.4, 0.5) is 16.3 Å². The van der Waals surface area contributed by atoms with E-state index in [9.17, 15) is 14.5 Å². The molecule has 27 heavy (non-hydrogen) atoms. The predicted molar refractivity (Wildman–Crippen MR) is 102 cm³/mol. The van der Waals surface area contributed by atoms with E-state index in [1.165, 1.54) is 6.07 Å². The summed E-state index contributed by atoms with van der Waals surface area (Å²) in [4.78, 5) is 38.9. The molecule has 2 amide bonds. The maximum absolute atomic E-state index is 12.3. The van der Waals surface area contributed by atoms with Crippen LogP contribution in [0.5, 0.6) is 0 Å². The second kappa shape index (κ2) is 8.39. The standard InChI is InChI=1S/C19H22N4O4/c1-12-5-10-15(23-26)16(21-12)22-17(24)14-8-6-13(7-9-14)11-20-18(25)27-19(2,3)4/h5-10H,11H2,1-4H3,(H,20,25)(H,21,22,24). The van der Waals surface area contributed by atoms with Gasteiger partial charge in [-0.2, -0.15) is 0 Å². The summed E-state index contributed by atoms with van der Waals surface area (Å²) in [6.07, 6.45) is -0.510. The van der Waals surface area contributed by atoms with E-state index in [4.69, 9.17) is 4.74 Å². The van der Waals surface area contributed by atoms with Gasteiger partial charge in [0.05, 0.1) is 0 Å². The van der Waals surface area contributed by atoms with Gasteiger partial charge in [-0.1, -0.05) is 12.1 Å². The van der Waals surface area contributed by atoms with Crippen molar-refractivity contribution in [2.45, 2.75) is 39.8 Å². The second-order valence-corrected chi connectivity index (χ2v) is 6.92. The number of amides is 2. The Morgan fingerprint density at radius 1 is 1.11 bits per heavy atom. The molecule has 0 radical (unpaired) electrons. The number of hydrogen-bond acceptors (Lipinski definition) is 6. The van der Waals surface area contributed by atoms with Crippen molar-refractivity contribution >= 4 is 23.5 Å². The lowest BCUT2D eigenvalue weighted by Crippen LogP contribution is -2.32. The normalized spacial score (nSPS) is 10.8. The molecule has 142 valence electrons. The van der Waals surface area contributed by atoms with Crippen LogP contribution in [-0.2, 0) is 11.3 Å². The average molecular weight is 370 g/mol. The summed E-state index contributed by atoms with van der Waals surface area (Å²) in [5, 5.41) is 8.09. The van der Waals surface area contributed by atoms with Crippen LogP contribution in [0, 0.1) is 11.8 Å². The van der Waals surface area contributed by atoms with E-state index in [0.717, 1.165) is 5.56 Å². The number of rotatable bonds is 5. The number of alkyl carbamates (subject to hydrolysis) is 1. The molecule has 2 N–H and O–H groups in total. The maximum Gasteiger partial charge on any atom is 0.407 e. The van der Waals surface area contributed by atoms with Crippen molar-refractivity contribution in [2.24, 2.45) is 5.18 Å². The minimum absolute atomic E-state index is 0.0622. The van der Waals surface area contributed by atoms with E-state index >= 15 is 0 Å². The van der Waals surface area contributed by atoms with Gasteiger partial charge in [-0.25, -0.2) is 9.78 Å². The van der Waals surface area contributed by atoms with Gasteiger partial charge in [-0.15, -0.1) is 4.91 Å². The molecule has 8 heteroatoms. The Morgan fingerprint density at radius 3 is 2.37 bits per heavy atom. The van der Waals surface area contributed by atoms with E-state index in [0.29, 0.717) is 11.3 Å². The Labute approximate surface area is 157 Å². The van der Waals surface area contributed by atoms with E-state index < -0.39 is 17.6 Å². The van der Waals surface area contributed by atoms with Gasteiger partial charge in [0.1, 0.15) is 5.60 Å². The molecule has 0 aliphatic heterocycles. The number of aromatic nitrogens is 1. The average Bonchev–Trinajstić information content (AvgIpc) is 2.59. The third-order valence-corrected chi connectivity index (χ3v) is 3.40. The van der Waals surface area contributed by atoms with Crippen molar-refractivity contribution in [2.75, 3.05) is 5.32 Å². The molecule has 8 nitrogen and oxygen atoms in total. The zero-order valence-corrected chi connectivity index (χ0v) is 15.7. The van der Waals surface area contributed by atoms with Gasteiger partial charge in [-0.05, 0) is 62.7 Å². The molecule has 0 saturated heterocycles. The summed E-state index contributed by atoms with van der Waals surface area (Å²) in [5.74, 6) is -0.296. The van der Waals surface area contributed by atoms with Crippen LogP contribution in [0.15, 0.2) is 41.6 Å². The first-order valence-corrected chi connectivity index (χ1v) is 8.36. The van der Waals surface area contributed by atoms with Crippen LogP contribution in [0.3, 0.4) is 0 Å². The van der Waals surface area contributed by atoms with Crippen LogP contribution in [0.1, 0.15) is 42.4 Å². The molecular weight excluding hydrogens is 348 g/mol. The summed E-state index contributed by atoms with van der Waals surface area (Å²) in [5.41, 5.74) is 1.34. The topological polar surface area (TPSA) is 110 Å². The molecule has 2 aromatic rings. The van der Waals surface area contributed by atoms with Crippen LogP contribution < -0.4 is 10.6 Å². The summed E-state index contributed by atoms with van der Waals surface area (Å²) >= 11 is 0. The predicted octanol–water partition coefficient (Wildman–Crippen LogP) is 4.06. The number of aryl methyl sites for hydroxylation is 1. The van der Waals surface area contributed by atoms with Crippen LogP contribution >= 0.6 is 0 Å². The highest BCUT2D eigenvalue weighted by Gasteiger charge is 2.16. The Bertz CT molecular complexity index is 842. The third-order valence-electron chi connectivity index (χ3n) is 3.40. The highest BCUT2D eigenvalue weighted by atomic mass is 16.6. The summed E-state index contributed by atoms with van der Waals surface area (Å²) in [6.45, 7) is 7.38. The maximum atomic E-state index is 12.3. The molecule has 1 aromatic carbocycles. The van der Waals surface area contributed by atoms with Crippen molar-refractivity contribution in [3.63, 3.8) is 0 Å². The fourth-order valence-electron chi connectivity index (χ4n) is 2.16. The fourth-order valence-corrected chi connectivity index (χ4v) is 2.16. The first kappa shape index (κ1) is 20.0. The SMILES string of the molecule is Cc1ccc(N=O)c(NC(=O)c2ccc(CNC(=O)OC(C)(C)C)cc2)n1. The van der Waals surface area contributed by atoms with E-state index in [1.807, 2.05) is 0 Å². The van der Waals surface area contributed by atoms with Crippen molar-refractivity contribution < 1.29 is 14.3 Å². The summed E-state index contributed by atoms with van der Waals surface area (Å²) in [7, 11) is 0. The summed E-state index contributed by atoms with van der Waals surface area (Å²) < 4.78 is 5.16. The first-order chi connectivity index (χ1) is 12.7. The molecule has 0 bridgehead atoms. The Kier molecular flexibility index (Phi) is 6.23. The van der Waals surface area contributed by atoms with Gasteiger partial charge in [0, 0.05) is 17.8 Å². The number of ether oxygens (including phenoxy) is 1. The number of anilines is 1. The van der Waals surface area contributed by atoms with Crippen LogP contribution in [-0.4, -0.2) is 22.6 Å². The van der Waals surface area contributed by atoms with Gasteiger partial charge in [-0.3, -0.25) is 4.79 Å². The minimum atomic E-state index is -0.564. The molecule has 1 heterocycles. The first-order valence-electron chi connectivity index (χ1n) is 8.36. The van der Waals surface area contributed by atoms with Crippen molar-refractivity contribution in [1.29, 1.82) is 0 Å². The highest BCUT2D eigenvalue weighted by Crippen LogP contribution is 2.23. The molecular formula is C19H22N4O4. The molecule has 1 aromatic heterocycles. The quantitative estimate of drug-likeness (QED) is 0.771. The van der Waals surface area contributed by atoms with Crippen LogP contribution in [0.2, 0.25) is 0 Å². The van der Waals surface area contributed by atoms with E-state index in [1.54, 1.807) is 58.0 Å². The number of carbonyl (C=O) groups is 2. The molecule has 0 aliphatic rings. The fraction of sp³-hybridized carbons (Fsp3) is 0.316. The Hall–Kier alpha value is -3.29. The monoisotopic (exact) mass is 370 g/mol. The molecule has 0 fully saturated rings. The molecule has 0 spiro atoms. The number of pyridine rings is 1. The van der Waals surface area contributed by atoms with Gasteiger partial charge in [0.2, 0.25) is 0 Å². The molecule has 2 rings (SSSR count). The van der Waals surface area contributed by atoms with Crippen molar-refractivity contribution in [1.82, 2.24) is 10.3 Å². The lowest BCUT2D eigenvalue weighted by atomic mass is 10.1. The van der Waals surface area contributed by atoms with Crippen molar-refractivity contribution in [3.05, 3.63) is 58.1 Å². The second-order valence-electron chi connectivity index (χ2n) is 6.92. The van der Waals surface area contributed by atoms with E-state index in [2.05, 4.69) is 20.8 Å². The van der Waals surface area contributed by atoms with Gasteiger partial charge in [0.25, 0.3) is 5.91 Å². The zero-order chi connectivity index (χ0) is 20.0. The number of nitrogens with one attached hydrogen (secondary N) is 2.